The van der Waals surface area contributed by atoms with Crippen molar-refractivity contribution < 1.29 is 17.9 Å². The summed E-state index contributed by atoms with van der Waals surface area (Å²) in [5, 5.41) is 2.89. The van der Waals surface area contributed by atoms with Crippen LogP contribution in [0.5, 0.6) is 0 Å². The Morgan fingerprint density at radius 2 is 1.95 bits per heavy atom. The molecule has 2 rings (SSSR count). The van der Waals surface area contributed by atoms with Crippen LogP contribution in [0.2, 0.25) is 0 Å². The number of sulfonamides is 1. The Kier molecular flexibility index (Phi) is 5.55. The number of ether oxygens (including phenoxy) is 1. The predicted octanol–water partition coefficient (Wildman–Crippen LogP) is 0.252. The highest BCUT2D eigenvalue weighted by atomic mass is 32.2. The summed E-state index contributed by atoms with van der Waals surface area (Å²) in [5.74, 6) is -0.350. The minimum Gasteiger partial charge on any atom is -0.379 e. The summed E-state index contributed by atoms with van der Waals surface area (Å²) >= 11 is 0. The van der Waals surface area contributed by atoms with Crippen molar-refractivity contribution in [3.8, 4) is 0 Å². The van der Waals surface area contributed by atoms with Crippen molar-refractivity contribution in [1.82, 2.24) is 9.62 Å². The van der Waals surface area contributed by atoms with Gasteiger partial charge in [-0.2, -0.15) is 0 Å². The van der Waals surface area contributed by atoms with Crippen molar-refractivity contribution in [3.05, 3.63) is 35.9 Å². The first-order valence-electron chi connectivity index (χ1n) is 7.20. The summed E-state index contributed by atoms with van der Waals surface area (Å²) in [5.41, 5.74) is 0.927. The van der Waals surface area contributed by atoms with Crippen LogP contribution in [-0.4, -0.2) is 57.7 Å². The number of hydrogen-bond donors (Lipinski definition) is 1. The summed E-state index contributed by atoms with van der Waals surface area (Å²) < 4.78 is 30.5. The van der Waals surface area contributed by atoms with Gasteiger partial charge in [0.25, 0.3) is 0 Å². The van der Waals surface area contributed by atoms with Gasteiger partial charge in [-0.3, -0.25) is 4.79 Å². The van der Waals surface area contributed by atoms with E-state index in [1.165, 1.54) is 18.4 Å². The van der Waals surface area contributed by atoms with Crippen molar-refractivity contribution in [2.45, 2.75) is 12.5 Å². The molecule has 1 aromatic rings. The van der Waals surface area contributed by atoms with Crippen LogP contribution >= 0.6 is 0 Å². The van der Waals surface area contributed by atoms with Crippen LogP contribution in [0, 0.1) is 5.92 Å². The third kappa shape index (κ3) is 4.53. The first kappa shape index (κ1) is 16.9. The maximum atomic E-state index is 12.1. The fourth-order valence-electron chi connectivity index (χ4n) is 2.38. The molecule has 1 aromatic carbocycles. The van der Waals surface area contributed by atoms with Gasteiger partial charge in [0.2, 0.25) is 15.9 Å². The van der Waals surface area contributed by atoms with Gasteiger partial charge >= 0.3 is 0 Å². The third-order valence-electron chi connectivity index (χ3n) is 3.73. The monoisotopic (exact) mass is 326 g/mol. The van der Waals surface area contributed by atoms with Crippen LogP contribution in [0.25, 0.3) is 0 Å². The van der Waals surface area contributed by atoms with Gasteiger partial charge in [-0.15, -0.1) is 0 Å². The van der Waals surface area contributed by atoms with Crippen molar-refractivity contribution >= 4 is 15.9 Å². The molecule has 2 atom stereocenters. The number of carbonyl (C=O) groups excluding carboxylic acids is 1. The molecule has 7 heteroatoms. The number of rotatable bonds is 6. The van der Waals surface area contributed by atoms with Crippen LogP contribution in [0.3, 0.4) is 0 Å². The maximum absolute atomic E-state index is 12.1. The molecule has 22 heavy (non-hydrogen) atoms. The second kappa shape index (κ2) is 7.21. The van der Waals surface area contributed by atoms with E-state index in [1.807, 2.05) is 30.3 Å². The van der Waals surface area contributed by atoms with Crippen molar-refractivity contribution in [1.29, 1.82) is 0 Å². The second-order valence-corrected chi connectivity index (χ2v) is 7.92. The van der Waals surface area contributed by atoms with E-state index >= 15 is 0 Å². The van der Waals surface area contributed by atoms with Gasteiger partial charge in [-0.1, -0.05) is 30.3 Å². The minimum absolute atomic E-state index is 0.0176. The zero-order valence-electron chi connectivity index (χ0n) is 12.9. The summed E-state index contributed by atoms with van der Waals surface area (Å²) in [4.78, 5) is 12.1. The van der Waals surface area contributed by atoms with E-state index in [0.717, 1.165) is 5.56 Å². The van der Waals surface area contributed by atoms with Gasteiger partial charge in [-0.25, -0.2) is 12.7 Å². The van der Waals surface area contributed by atoms with Crippen molar-refractivity contribution in [2.24, 2.45) is 5.92 Å². The Morgan fingerprint density at radius 1 is 1.27 bits per heavy atom. The largest absolute Gasteiger partial charge is 0.379 e. The highest BCUT2D eigenvalue weighted by Crippen LogP contribution is 2.17. The number of nitrogens with one attached hydrogen (secondary N) is 1. The van der Waals surface area contributed by atoms with Crippen LogP contribution in [0.4, 0.5) is 0 Å². The molecule has 1 aliphatic rings. The molecule has 1 saturated heterocycles. The molecule has 6 nitrogen and oxygen atoms in total. The predicted molar refractivity (Wildman–Crippen MR) is 83.9 cm³/mol. The van der Waals surface area contributed by atoms with Gasteiger partial charge in [0.05, 0.1) is 31.4 Å². The van der Waals surface area contributed by atoms with E-state index < -0.39 is 10.0 Å². The molecule has 0 saturated carbocycles. The van der Waals surface area contributed by atoms with Gasteiger partial charge < -0.3 is 10.1 Å². The molecule has 1 heterocycles. The molecule has 2 unspecified atom stereocenters. The van der Waals surface area contributed by atoms with Crippen molar-refractivity contribution in [3.63, 3.8) is 0 Å². The summed E-state index contributed by atoms with van der Waals surface area (Å²) in [7, 11) is -0.291. The number of amides is 1. The zero-order chi connectivity index (χ0) is 16.2. The Hall–Kier alpha value is -1.44. The second-order valence-electron chi connectivity index (χ2n) is 5.69. The molecule has 122 valence electrons. The molecular weight excluding hydrogens is 304 g/mol. The van der Waals surface area contributed by atoms with Crippen LogP contribution in [0.15, 0.2) is 30.3 Å². The molecule has 1 N–H and O–H groups in total. The van der Waals surface area contributed by atoms with Crippen molar-refractivity contribution in [2.75, 3.05) is 33.1 Å². The average Bonchev–Trinajstić information content (AvgIpc) is 2.86. The Morgan fingerprint density at radius 3 is 2.59 bits per heavy atom. The molecule has 1 fully saturated rings. The van der Waals surface area contributed by atoms with Gasteiger partial charge in [-0.05, 0) is 5.56 Å². The average molecular weight is 326 g/mol. The van der Waals surface area contributed by atoms with Gasteiger partial charge in [0.15, 0.2) is 0 Å². The number of carbonyl (C=O) groups is 1. The molecule has 0 spiro atoms. The first-order chi connectivity index (χ1) is 10.4. The molecular formula is C15H22N2O4S. The number of hydrogen-bond acceptors (Lipinski definition) is 4. The normalized spacial score (nSPS) is 22.0. The molecule has 0 aliphatic carbocycles. The van der Waals surface area contributed by atoms with Gasteiger partial charge in [0.1, 0.15) is 0 Å². The maximum Gasteiger partial charge on any atom is 0.224 e. The molecule has 0 bridgehead atoms. The molecule has 0 radical (unpaired) electrons. The van der Waals surface area contributed by atoms with E-state index in [9.17, 15) is 13.2 Å². The summed E-state index contributed by atoms with van der Waals surface area (Å²) in [6, 6.07) is 9.18. The van der Waals surface area contributed by atoms with Gasteiger partial charge in [0, 0.05) is 20.0 Å². The topological polar surface area (TPSA) is 75.7 Å². The molecule has 1 amide bonds. The lowest BCUT2D eigenvalue weighted by atomic mass is 10.1. The fraction of sp³-hybridized carbons (Fsp3) is 0.533. The Bertz CT molecular complexity index is 601. The third-order valence-corrected chi connectivity index (χ3v) is 5.70. The highest BCUT2D eigenvalue weighted by Gasteiger charge is 2.34. The Balaban J connectivity index is 1.92. The lowest BCUT2D eigenvalue weighted by Crippen LogP contribution is -2.44. The smallest absolute Gasteiger partial charge is 0.224 e. The quantitative estimate of drug-likeness (QED) is 0.813. The van der Waals surface area contributed by atoms with Crippen LogP contribution in [0.1, 0.15) is 5.56 Å². The van der Waals surface area contributed by atoms with Crippen LogP contribution in [-0.2, 0) is 26.0 Å². The lowest BCUT2D eigenvalue weighted by Gasteiger charge is -2.21. The van der Waals surface area contributed by atoms with E-state index in [-0.39, 0.29) is 30.0 Å². The summed E-state index contributed by atoms with van der Waals surface area (Å²) in [6.07, 6.45) is 0.282. The number of benzene rings is 1. The van der Waals surface area contributed by atoms with E-state index in [1.54, 1.807) is 0 Å². The Labute approximate surface area is 131 Å². The number of nitrogens with zero attached hydrogens (tertiary/aromatic N) is 1. The fourth-order valence-corrected chi connectivity index (χ4v) is 3.55. The first-order valence-corrected chi connectivity index (χ1v) is 8.80. The minimum atomic E-state index is -3.31. The molecule has 0 aromatic heterocycles. The summed E-state index contributed by atoms with van der Waals surface area (Å²) in [6.45, 7) is 0.706. The van der Waals surface area contributed by atoms with E-state index in [2.05, 4.69) is 5.32 Å². The van der Waals surface area contributed by atoms with E-state index in [4.69, 9.17) is 4.74 Å². The molecule has 1 aliphatic heterocycles. The SMILES string of the molecule is CN(C)S(=O)(=O)CC1COCC1NC(=O)Cc1ccccc1. The standard InChI is InChI=1S/C15H22N2O4S/c1-17(2)22(19,20)11-13-9-21-10-14(13)16-15(18)8-12-6-4-3-5-7-12/h3-7,13-14H,8-11H2,1-2H3,(H,16,18). The van der Waals surface area contributed by atoms with E-state index in [0.29, 0.717) is 13.2 Å². The highest BCUT2D eigenvalue weighted by molar-refractivity contribution is 7.89. The zero-order valence-corrected chi connectivity index (χ0v) is 13.7. The van der Waals surface area contributed by atoms with Crippen LogP contribution < -0.4 is 5.32 Å². The lowest BCUT2D eigenvalue weighted by molar-refractivity contribution is -0.121.